The minimum absolute atomic E-state index is 0.798. The maximum absolute atomic E-state index is 4.45. The average molecular weight is 418 g/mol. The van der Waals surface area contributed by atoms with Crippen molar-refractivity contribution >= 4 is 39.5 Å². The molecule has 0 bridgehead atoms. The van der Waals surface area contributed by atoms with Gasteiger partial charge >= 0.3 is 0 Å². The van der Waals surface area contributed by atoms with Gasteiger partial charge in [0.05, 0.1) is 11.4 Å². The van der Waals surface area contributed by atoms with Gasteiger partial charge in [-0.3, -0.25) is 0 Å². The average Bonchev–Trinajstić information content (AvgIpc) is 2.73. The summed E-state index contributed by atoms with van der Waals surface area (Å²) in [6.07, 6.45) is 16.5. The fourth-order valence-corrected chi connectivity index (χ4v) is 4.22. The van der Waals surface area contributed by atoms with E-state index in [0.29, 0.717) is 0 Å². The van der Waals surface area contributed by atoms with Gasteiger partial charge in [-0.15, -0.1) is 0 Å². The van der Waals surface area contributed by atoms with Crippen molar-refractivity contribution in [2.24, 2.45) is 0 Å². The molecule has 0 saturated carbocycles. The molecule has 4 rings (SSSR count). The first-order valence-corrected chi connectivity index (χ1v) is 10.5. The molecule has 2 aliphatic rings. The highest BCUT2D eigenvalue weighted by Crippen LogP contribution is 2.40. The van der Waals surface area contributed by atoms with Crippen molar-refractivity contribution in [3.63, 3.8) is 0 Å². The van der Waals surface area contributed by atoms with Crippen LogP contribution in [0.15, 0.2) is 71.9 Å². The lowest BCUT2D eigenvalue weighted by molar-refractivity contribution is 0.970. The molecular formula is C25H24BrN. The molecular weight excluding hydrogens is 394 g/mol. The molecule has 2 aromatic rings. The predicted octanol–water partition coefficient (Wildman–Crippen LogP) is 7.56. The van der Waals surface area contributed by atoms with Gasteiger partial charge in [0.15, 0.2) is 0 Å². The first kappa shape index (κ1) is 18.1. The van der Waals surface area contributed by atoms with Crippen molar-refractivity contribution in [1.82, 2.24) is 0 Å². The standard InChI is InChI=1S/C25H24BrN/c1-19(9-8-18-26)27(24-16-6-12-20-10-2-4-14-22(20)24)25-17-7-13-21-11-3-5-15-23(21)25/h4-8,12-18H,1-3,9-11H2/b18-8-. The molecule has 0 aromatic heterocycles. The summed E-state index contributed by atoms with van der Waals surface area (Å²) >= 11 is 3.40. The first-order valence-electron chi connectivity index (χ1n) is 9.59. The number of rotatable bonds is 5. The largest absolute Gasteiger partial charge is 0.313 e. The van der Waals surface area contributed by atoms with Crippen LogP contribution >= 0.6 is 15.9 Å². The number of allylic oxidation sites excluding steroid dienone is 3. The first-order chi connectivity index (χ1) is 13.3. The molecule has 0 aliphatic heterocycles. The van der Waals surface area contributed by atoms with E-state index in [1.54, 1.807) is 0 Å². The molecule has 2 aliphatic carbocycles. The number of nitrogens with zero attached hydrogens (tertiary/aromatic N) is 1. The normalized spacial score (nSPS) is 14.9. The summed E-state index contributed by atoms with van der Waals surface area (Å²) in [7, 11) is 0. The third kappa shape index (κ3) is 3.59. The van der Waals surface area contributed by atoms with Crippen molar-refractivity contribution in [1.29, 1.82) is 0 Å². The molecule has 0 fully saturated rings. The van der Waals surface area contributed by atoms with Gasteiger partial charge in [-0.25, -0.2) is 0 Å². The number of hydrogen-bond acceptors (Lipinski definition) is 1. The molecule has 2 aromatic carbocycles. The summed E-state index contributed by atoms with van der Waals surface area (Å²) in [6, 6.07) is 13.3. The van der Waals surface area contributed by atoms with Gasteiger partial charge in [-0.2, -0.15) is 0 Å². The quantitative estimate of drug-likeness (QED) is 0.484. The third-order valence-corrected chi connectivity index (χ3v) is 5.69. The summed E-state index contributed by atoms with van der Waals surface area (Å²) in [4.78, 5) is 4.27. The van der Waals surface area contributed by atoms with Gasteiger partial charge < -0.3 is 4.90 Å². The number of aryl methyl sites for hydroxylation is 2. The van der Waals surface area contributed by atoms with Crippen molar-refractivity contribution in [3.05, 3.63) is 94.1 Å². The number of anilines is 2. The maximum Gasteiger partial charge on any atom is 0.0533 e. The van der Waals surface area contributed by atoms with Crippen LogP contribution in [0.2, 0.25) is 0 Å². The highest BCUT2D eigenvalue weighted by atomic mass is 79.9. The molecule has 0 heterocycles. The van der Waals surface area contributed by atoms with Crippen LogP contribution in [0.1, 0.15) is 41.5 Å². The van der Waals surface area contributed by atoms with Crippen molar-refractivity contribution in [2.45, 2.75) is 32.1 Å². The number of benzene rings is 2. The van der Waals surface area contributed by atoms with Gasteiger partial charge in [0.25, 0.3) is 0 Å². The van der Waals surface area contributed by atoms with Gasteiger partial charge in [0.1, 0.15) is 0 Å². The fourth-order valence-electron chi connectivity index (χ4n) is 4.03. The zero-order valence-electron chi connectivity index (χ0n) is 15.5. The lowest BCUT2D eigenvalue weighted by Gasteiger charge is -2.32. The molecule has 0 saturated heterocycles. The second kappa shape index (κ2) is 8.14. The SMILES string of the molecule is C=C(C/C=C\Br)N(c1cccc2c1C=CCC2)c1cccc2c1C=CCC2. The van der Waals surface area contributed by atoms with E-state index < -0.39 is 0 Å². The molecule has 27 heavy (non-hydrogen) atoms. The minimum Gasteiger partial charge on any atom is -0.313 e. The Morgan fingerprint density at radius 2 is 1.48 bits per heavy atom. The van der Waals surface area contributed by atoms with E-state index in [1.165, 1.54) is 33.6 Å². The van der Waals surface area contributed by atoms with Crippen molar-refractivity contribution in [3.8, 4) is 0 Å². The van der Waals surface area contributed by atoms with E-state index in [4.69, 9.17) is 0 Å². The summed E-state index contributed by atoms with van der Waals surface area (Å²) in [6.45, 7) is 4.45. The van der Waals surface area contributed by atoms with Gasteiger partial charge in [0, 0.05) is 23.2 Å². The highest BCUT2D eigenvalue weighted by Gasteiger charge is 2.21. The van der Waals surface area contributed by atoms with Crippen molar-refractivity contribution in [2.75, 3.05) is 4.90 Å². The molecule has 2 heteroatoms. The lowest BCUT2D eigenvalue weighted by Crippen LogP contribution is -2.19. The Kier molecular flexibility index (Phi) is 5.45. The number of hydrogen-bond donors (Lipinski definition) is 0. The fraction of sp³-hybridized carbons (Fsp3) is 0.200. The molecule has 136 valence electrons. The van der Waals surface area contributed by atoms with Crippen LogP contribution in [0, 0.1) is 0 Å². The van der Waals surface area contributed by atoms with E-state index in [2.05, 4.69) is 94.2 Å². The monoisotopic (exact) mass is 417 g/mol. The molecule has 0 amide bonds. The van der Waals surface area contributed by atoms with Crippen LogP contribution < -0.4 is 4.90 Å². The molecule has 0 spiro atoms. The van der Waals surface area contributed by atoms with E-state index in [1.807, 2.05) is 4.99 Å². The van der Waals surface area contributed by atoms with Gasteiger partial charge in [0.2, 0.25) is 0 Å². The lowest BCUT2D eigenvalue weighted by atomic mass is 9.92. The summed E-state index contributed by atoms with van der Waals surface area (Å²) < 4.78 is 0. The second-order valence-corrected chi connectivity index (χ2v) is 7.58. The minimum atomic E-state index is 0.798. The highest BCUT2D eigenvalue weighted by molar-refractivity contribution is 9.11. The van der Waals surface area contributed by atoms with Crippen LogP contribution in [0.25, 0.3) is 12.2 Å². The van der Waals surface area contributed by atoms with Gasteiger partial charge in [-0.05, 0) is 53.9 Å². The molecule has 0 atom stereocenters. The maximum atomic E-state index is 4.45. The Morgan fingerprint density at radius 1 is 0.926 bits per heavy atom. The summed E-state index contributed by atoms with van der Waals surface area (Å²) in [5, 5.41) is 0. The van der Waals surface area contributed by atoms with Crippen LogP contribution in [-0.2, 0) is 12.8 Å². The van der Waals surface area contributed by atoms with E-state index >= 15 is 0 Å². The predicted molar refractivity (Wildman–Crippen MR) is 122 cm³/mol. The smallest absolute Gasteiger partial charge is 0.0533 e. The number of fused-ring (bicyclic) bond motifs is 2. The topological polar surface area (TPSA) is 3.24 Å². The van der Waals surface area contributed by atoms with Gasteiger partial charge in [-0.1, -0.05) is 77.2 Å². The third-order valence-electron chi connectivity index (χ3n) is 5.32. The molecule has 0 unspecified atom stereocenters. The van der Waals surface area contributed by atoms with Crippen molar-refractivity contribution < 1.29 is 0 Å². The van der Waals surface area contributed by atoms with E-state index in [-0.39, 0.29) is 0 Å². The van der Waals surface area contributed by atoms with Crippen LogP contribution in [0.5, 0.6) is 0 Å². The molecule has 0 N–H and O–H groups in total. The Morgan fingerprint density at radius 3 is 2.00 bits per heavy atom. The Bertz CT molecular complexity index is 883. The Hall–Kier alpha value is -2.32. The number of halogens is 1. The zero-order valence-corrected chi connectivity index (χ0v) is 17.1. The summed E-state index contributed by atoms with van der Waals surface area (Å²) in [5.74, 6) is 0. The second-order valence-electron chi connectivity index (χ2n) is 7.05. The molecule has 0 radical (unpaired) electrons. The molecule has 1 nitrogen and oxygen atoms in total. The van der Waals surface area contributed by atoms with E-state index in [9.17, 15) is 0 Å². The van der Waals surface area contributed by atoms with E-state index in [0.717, 1.165) is 37.8 Å². The van der Waals surface area contributed by atoms with Crippen LogP contribution in [0.4, 0.5) is 11.4 Å². The zero-order chi connectivity index (χ0) is 18.6. The van der Waals surface area contributed by atoms with Crippen LogP contribution in [-0.4, -0.2) is 0 Å². The Labute approximate surface area is 170 Å². The van der Waals surface area contributed by atoms with Crippen LogP contribution in [0.3, 0.4) is 0 Å². The summed E-state index contributed by atoms with van der Waals surface area (Å²) in [5.41, 5.74) is 9.02. The Balaban J connectivity index is 1.89.